The van der Waals surface area contributed by atoms with Crippen molar-refractivity contribution < 1.29 is 9.15 Å². The third kappa shape index (κ3) is 5.42. The number of nitrogens with zero attached hydrogens (tertiary/aromatic N) is 5. The van der Waals surface area contributed by atoms with Crippen LogP contribution in [0.1, 0.15) is 67.1 Å². The molecule has 0 radical (unpaired) electrons. The number of nitrogens with one attached hydrogen (secondary N) is 1. The number of fused-ring (bicyclic) bond motifs is 1. The lowest BCUT2D eigenvalue weighted by atomic mass is 9.98. The number of aromatic amines is 1. The van der Waals surface area contributed by atoms with E-state index in [4.69, 9.17) is 9.15 Å². The predicted molar refractivity (Wildman–Crippen MR) is 154 cm³/mol. The van der Waals surface area contributed by atoms with E-state index in [2.05, 4.69) is 65.2 Å². The van der Waals surface area contributed by atoms with Crippen LogP contribution in [0.3, 0.4) is 0 Å². The molecule has 3 heterocycles. The summed E-state index contributed by atoms with van der Waals surface area (Å²) in [6.07, 6.45) is 2.47. The maximum atomic E-state index is 13.9. The highest BCUT2D eigenvalue weighted by Crippen LogP contribution is 2.33. The zero-order chi connectivity index (χ0) is 28.4. The number of furan rings is 1. The molecule has 0 saturated heterocycles. The molecule has 5 rings (SSSR count). The van der Waals surface area contributed by atoms with Crippen LogP contribution in [0.5, 0.6) is 5.75 Å². The van der Waals surface area contributed by atoms with Crippen molar-refractivity contribution in [1.82, 2.24) is 30.1 Å². The summed E-state index contributed by atoms with van der Waals surface area (Å²) in [7, 11) is 1.65. The van der Waals surface area contributed by atoms with E-state index in [1.807, 2.05) is 54.1 Å². The summed E-state index contributed by atoms with van der Waals surface area (Å²) in [5, 5.41) is 14.0. The van der Waals surface area contributed by atoms with Gasteiger partial charge in [0.25, 0.3) is 5.56 Å². The van der Waals surface area contributed by atoms with E-state index < -0.39 is 6.04 Å². The molecule has 9 nitrogen and oxygen atoms in total. The second-order valence-electron chi connectivity index (χ2n) is 10.9. The maximum Gasteiger partial charge on any atom is 0.253 e. The molecule has 1 atom stereocenters. The third-order valence-electron chi connectivity index (χ3n) is 7.64. The molecule has 0 aliphatic carbocycles. The minimum atomic E-state index is -0.568. The van der Waals surface area contributed by atoms with E-state index in [0.29, 0.717) is 24.5 Å². The number of ether oxygens (including phenoxy) is 1. The summed E-state index contributed by atoms with van der Waals surface area (Å²) in [4.78, 5) is 19.2. The van der Waals surface area contributed by atoms with Gasteiger partial charge in [-0.25, -0.2) is 4.68 Å². The van der Waals surface area contributed by atoms with Gasteiger partial charge in [0.05, 0.1) is 31.0 Å². The Hall–Kier alpha value is -4.24. The van der Waals surface area contributed by atoms with Crippen LogP contribution in [0.4, 0.5) is 0 Å². The highest BCUT2D eigenvalue weighted by molar-refractivity contribution is 5.83. The van der Waals surface area contributed by atoms with Crippen LogP contribution < -0.4 is 10.3 Å². The third-order valence-corrected chi connectivity index (χ3v) is 7.64. The van der Waals surface area contributed by atoms with E-state index in [1.165, 1.54) is 0 Å². The fourth-order valence-electron chi connectivity index (χ4n) is 5.16. The van der Waals surface area contributed by atoms with Gasteiger partial charge in [0, 0.05) is 12.1 Å². The van der Waals surface area contributed by atoms with Crippen LogP contribution in [0, 0.1) is 13.8 Å². The molecule has 5 aromatic rings. The number of hydrogen-bond donors (Lipinski definition) is 1. The molecule has 0 aliphatic rings. The van der Waals surface area contributed by atoms with E-state index in [-0.39, 0.29) is 11.1 Å². The summed E-state index contributed by atoms with van der Waals surface area (Å²) in [6.45, 7) is 11.3. The van der Waals surface area contributed by atoms with E-state index in [9.17, 15) is 4.79 Å². The van der Waals surface area contributed by atoms with Crippen LogP contribution in [0.15, 0.2) is 70.1 Å². The number of benzene rings is 2. The normalized spacial score (nSPS) is 12.8. The Bertz CT molecular complexity index is 1650. The lowest BCUT2D eigenvalue weighted by Crippen LogP contribution is -2.38. The van der Waals surface area contributed by atoms with Gasteiger partial charge in [0.2, 0.25) is 0 Å². The average Bonchev–Trinajstić information content (AvgIpc) is 3.63. The van der Waals surface area contributed by atoms with Crippen molar-refractivity contribution in [3.8, 4) is 5.75 Å². The zero-order valence-electron chi connectivity index (χ0n) is 23.9. The first kappa shape index (κ1) is 27.3. The highest BCUT2D eigenvalue weighted by atomic mass is 16.5. The molecule has 0 unspecified atom stereocenters. The van der Waals surface area contributed by atoms with Crippen molar-refractivity contribution in [1.29, 1.82) is 0 Å². The summed E-state index contributed by atoms with van der Waals surface area (Å²) < 4.78 is 13.0. The quantitative estimate of drug-likeness (QED) is 0.243. The van der Waals surface area contributed by atoms with E-state index in [1.54, 1.807) is 13.4 Å². The summed E-state index contributed by atoms with van der Waals surface area (Å²) in [5.74, 6) is 2.15. The van der Waals surface area contributed by atoms with Gasteiger partial charge in [-0.1, -0.05) is 30.7 Å². The molecule has 0 aliphatic heterocycles. The van der Waals surface area contributed by atoms with Crippen LogP contribution in [-0.4, -0.2) is 37.2 Å². The monoisotopic (exact) mass is 540 g/mol. The fourth-order valence-corrected chi connectivity index (χ4v) is 5.16. The molecule has 1 N–H and O–H groups in total. The van der Waals surface area contributed by atoms with Crippen LogP contribution in [0.2, 0.25) is 0 Å². The number of aryl methyl sites for hydroxylation is 2. The molecule has 0 saturated carbocycles. The van der Waals surface area contributed by atoms with Gasteiger partial charge in [-0.05, 0) is 97.5 Å². The van der Waals surface area contributed by atoms with Crippen LogP contribution in [-0.2, 0) is 18.6 Å². The average molecular weight is 541 g/mol. The van der Waals surface area contributed by atoms with Crippen molar-refractivity contribution in [2.45, 2.75) is 65.7 Å². The lowest BCUT2D eigenvalue weighted by molar-refractivity contribution is 0.168. The Labute approximate surface area is 233 Å². The van der Waals surface area contributed by atoms with Crippen molar-refractivity contribution in [3.05, 3.63) is 105 Å². The van der Waals surface area contributed by atoms with Crippen molar-refractivity contribution in [3.63, 3.8) is 0 Å². The number of hydrogen-bond acceptors (Lipinski definition) is 7. The van der Waals surface area contributed by atoms with E-state index >= 15 is 0 Å². The van der Waals surface area contributed by atoms with Crippen LogP contribution in [0.25, 0.3) is 10.9 Å². The number of aromatic nitrogens is 5. The second-order valence-corrected chi connectivity index (χ2v) is 10.9. The topological polar surface area (TPSA) is 102 Å². The number of methoxy groups -OCH3 is 1. The highest BCUT2D eigenvalue weighted by Gasteiger charge is 2.35. The fraction of sp³-hybridized carbons (Fsp3) is 0.355. The largest absolute Gasteiger partial charge is 0.497 e. The molecule has 208 valence electrons. The Morgan fingerprint density at radius 1 is 1.10 bits per heavy atom. The van der Waals surface area contributed by atoms with Crippen molar-refractivity contribution in [2.24, 2.45) is 0 Å². The second kappa shape index (κ2) is 11.1. The van der Waals surface area contributed by atoms with E-state index in [0.717, 1.165) is 45.5 Å². The zero-order valence-corrected chi connectivity index (χ0v) is 23.9. The number of rotatable bonds is 10. The Balaban J connectivity index is 1.73. The minimum absolute atomic E-state index is 0.174. The van der Waals surface area contributed by atoms with Gasteiger partial charge in [0.15, 0.2) is 5.82 Å². The lowest BCUT2D eigenvalue weighted by Gasteiger charge is -2.33. The van der Waals surface area contributed by atoms with Crippen molar-refractivity contribution in [2.75, 3.05) is 7.11 Å². The summed E-state index contributed by atoms with van der Waals surface area (Å²) in [6, 6.07) is 17.3. The standard InChI is InChI=1S/C31H36N6O3/c1-7-31(4,5)37-29(33-34-35-37)28(26-17-23-16-20(2)15-21(3)27(23)32-30(26)38)36(19-25-9-8-14-40-25)18-22-10-12-24(39-6)13-11-22/h8-17,28H,7,18-19H2,1-6H3,(H,32,38)/t28-/m1/s1. The Kier molecular flexibility index (Phi) is 7.58. The van der Waals surface area contributed by atoms with Gasteiger partial charge in [0.1, 0.15) is 17.6 Å². The number of pyridine rings is 1. The molecule has 0 amide bonds. The Morgan fingerprint density at radius 2 is 1.88 bits per heavy atom. The van der Waals surface area contributed by atoms with Gasteiger partial charge < -0.3 is 14.1 Å². The SMILES string of the molecule is CCC(C)(C)n1nnnc1[C@@H](c1cc2cc(C)cc(C)c2[nH]c1=O)N(Cc1ccc(OC)cc1)Cc1ccco1. The van der Waals surface area contributed by atoms with Gasteiger partial charge in [-0.2, -0.15) is 0 Å². The molecule has 0 bridgehead atoms. The number of H-pyrrole nitrogens is 1. The smallest absolute Gasteiger partial charge is 0.253 e. The number of tetrazole rings is 1. The first-order valence-electron chi connectivity index (χ1n) is 13.5. The van der Waals surface area contributed by atoms with Gasteiger partial charge in [-0.3, -0.25) is 9.69 Å². The predicted octanol–water partition coefficient (Wildman–Crippen LogP) is 5.67. The molecular weight excluding hydrogens is 504 g/mol. The molecule has 2 aromatic carbocycles. The molecule has 0 spiro atoms. The molecule has 40 heavy (non-hydrogen) atoms. The summed E-state index contributed by atoms with van der Waals surface area (Å²) in [5.41, 5.74) is 4.06. The summed E-state index contributed by atoms with van der Waals surface area (Å²) >= 11 is 0. The first-order valence-corrected chi connectivity index (χ1v) is 13.5. The van der Waals surface area contributed by atoms with Gasteiger partial charge >= 0.3 is 0 Å². The van der Waals surface area contributed by atoms with Crippen molar-refractivity contribution >= 4 is 10.9 Å². The minimum Gasteiger partial charge on any atom is -0.497 e. The Morgan fingerprint density at radius 3 is 2.55 bits per heavy atom. The van der Waals surface area contributed by atoms with Crippen LogP contribution >= 0.6 is 0 Å². The van der Waals surface area contributed by atoms with Gasteiger partial charge in [-0.15, -0.1) is 5.10 Å². The molecule has 3 aromatic heterocycles. The molecule has 9 heteroatoms. The first-order chi connectivity index (χ1) is 19.2. The molecular formula is C31H36N6O3. The molecule has 0 fully saturated rings. The maximum absolute atomic E-state index is 13.9.